The van der Waals surface area contributed by atoms with Crippen molar-refractivity contribution in [2.75, 3.05) is 6.54 Å². The zero-order valence-corrected chi connectivity index (χ0v) is 18.5. The average molecular weight is 416 g/mol. The Morgan fingerprint density at radius 1 is 1.23 bits per heavy atom. The van der Waals surface area contributed by atoms with Crippen molar-refractivity contribution in [1.82, 2.24) is 5.32 Å². The fraction of sp³-hybridized carbons (Fsp3) is 0.720. The molecule has 2 bridgehead atoms. The highest BCUT2D eigenvalue weighted by Gasteiger charge is 2.51. The molecule has 0 spiro atoms. The lowest BCUT2D eigenvalue weighted by Crippen LogP contribution is -2.59. The van der Waals surface area contributed by atoms with Crippen LogP contribution in [0.2, 0.25) is 0 Å². The molecule has 166 valence electrons. The van der Waals surface area contributed by atoms with Crippen molar-refractivity contribution in [2.24, 2.45) is 11.8 Å². The lowest BCUT2D eigenvalue weighted by Gasteiger charge is -2.56. The Kier molecular flexibility index (Phi) is 6.57. The number of carbonyl (C=O) groups is 1. The summed E-state index contributed by atoms with van der Waals surface area (Å²) in [5, 5.41) is 13.1. The molecule has 1 aromatic carbocycles. The van der Waals surface area contributed by atoms with Gasteiger partial charge in [0.05, 0.1) is 0 Å². The predicted octanol–water partition coefficient (Wildman–Crippen LogP) is 5.65. The molecule has 2 N–H and O–H groups in total. The number of benzene rings is 1. The summed E-state index contributed by atoms with van der Waals surface area (Å²) in [6.45, 7) is 5.33. The molecule has 0 amide bonds. The Balaban J connectivity index is 1.63. The van der Waals surface area contributed by atoms with Crippen LogP contribution in [0.4, 0.5) is 4.79 Å². The van der Waals surface area contributed by atoms with Crippen LogP contribution < -0.4 is 10.1 Å². The summed E-state index contributed by atoms with van der Waals surface area (Å²) in [7, 11) is 0. The first-order chi connectivity index (χ1) is 14.6. The van der Waals surface area contributed by atoms with E-state index in [0.29, 0.717) is 12.0 Å². The molecule has 4 rings (SSSR count). The van der Waals surface area contributed by atoms with Crippen molar-refractivity contribution in [2.45, 2.75) is 95.8 Å². The highest BCUT2D eigenvalue weighted by atomic mass is 16.8. The first-order valence-electron chi connectivity index (χ1n) is 12.0. The Labute approximate surface area is 180 Å². The summed E-state index contributed by atoms with van der Waals surface area (Å²) in [5.41, 5.74) is 3.15. The quantitative estimate of drug-likeness (QED) is 0.424. The van der Waals surface area contributed by atoms with Gasteiger partial charge in [-0.2, -0.15) is 0 Å². The van der Waals surface area contributed by atoms with Gasteiger partial charge in [-0.15, -0.1) is 0 Å². The number of carboxylic acid groups (broad SMARTS) is 1. The third-order valence-electron chi connectivity index (χ3n) is 7.79. The fourth-order valence-electron chi connectivity index (χ4n) is 6.58. The Morgan fingerprint density at radius 2 is 2.03 bits per heavy atom. The molecule has 1 aliphatic heterocycles. The zero-order valence-electron chi connectivity index (χ0n) is 18.5. The summed E-state index contributed by atoms with van der Waals surface area (Å²) in [5.74, 6) is 1.55. The molecule has 0 aromatic heterocycles. The smallest absolute Gasteiger partial charge is 0.454 e. The standard InChI is InChI=1S/C25H37NO4/c1-3-7-17(8-4-2)23(30-24(27)28)29-19-11-10-18-15-22-20-9-5-6-12-25(20,13-14-26-22)21(18)16-19/h10-11,16-17,20,22-23,26H,3-9,12-15H2,1-2H3,(H,27,28)/t20-,22+,23?,25+/m0/s1. The highest BCUT2D eigenvalue weighted by Crippen LogP contribution is 2.54. The number of hydrogen-bond acceptors (Lipinski definition) is 4. The third-order valence-corrected chi connectivity index (χ3v) is 7.79. The van der Waals surface area contributed by atoms with Crippen LogP contribution in [-0.4, -0.2) is 30.1 Å². The van der Waals surface area contributed by atoms with E-state index in [0.717, 1.165) is 44.4 Å². The Bertz CT molecular complexity index is 741. The van der Waals surface area contributed by atoms with Crippen molar-refractivity contribution in [3.8, 4) is 5.75 Å². The Morgan fingerprint density at radius 3 is 2.77 bits per heavy atom. The molecule has 1 saturated heterocycles. The van der Waals surface area contributed by atoms with E-state index < -0.39 is 12.4 Å². The summed E-state index contributed by atoms with van der Waals surface area (Å²) >= 11 is 0. The minimum Gasteiger partial charge on any atom is -0.454 e. The molecular formula is C25H37NO4. The molecule has 30 heavy (non-hydrogen) atoms. The lowest BCUT2D eigenvalue weighted by molar-refractivity contribution is -0.0916. The third kappa shape index (κ3) is 4.05. The molecule has 0 radical (unpaired) electrons. The SMILES string of the molecule is CCCC(CCC)C(OC(=O)O)Oc1ccc2c(c1)[C@@]13CCCC[C@H]1[C@@H](C2)NCC3. The molecular weight excluding hydrogens is 378 g/mol. The van der Waals surface area contributed by atoms with Gasteiger partial charge in [0.15, 0.2) is 0 Å². The van der Waals surface area contributed by atoms with E-state index in [1.807, 2.05) is 6.07 Å². The minimum absolute atomic E-state index is 0.0796. The van der Waals surface area contributed by atoms with Gasteiger partial charge in [0, 0.05) is 17.4 Å². The van der Waals surface area contributed by atoms with E-state index in [1.54, 1.807) is 0 Å². The maximum atomic E-state index is 11.4. The average Bonchev–Trinajstić information content (AvgIpc) is 2.73. The predicted molar refractivity (Wildman–Crippen MR) is 117 cm³/mol. The first-order valence-corrected chi connectivity index (χ1v) is 12.0. The van der Waals surface area contributed by atoms with Crippen LogP contribution in [0.15, 0.2) is 18.2 Å². The van der Waals surface area contributed by atoms with Crippen LogP contribution in [0, 0.1) is 11.8 Å². The summed E-state index contributed by atoms with van der Waals surface area (Å²) in [4.78, 5) is 11.4. The van der Waals surface area contributed by atoms with Gasteiger partial charge >= 0.3 is 6.16 Å². The van der Waals surface area contributed by atoms with Gasteiger partial charge in [-0.05, 0) is 74.2 Å². The van der Waals surface area contributed by atoms with Crippen LogP contribution in [-0.2, 0) is 16.6 Å². The van der Waals surface area contributed by atoms with Gasteiger partial charge in [-0.1, -0.05) is 45.6 Å². The van der Waals surface area contributed by atoms with Crippen molar-refractivity contribution >= 4 is 6.16 Å². The van der Waals surface area contributed by atoms with Gasteiger partial charge < -0.3 is 19.9 Å². The molecule has 1 aromatic rings. The van der Waals surface area contributed by atoms with Crippen molar-refractivity contribution < 1.29 is 19.4 Å². The van der Waals surface area contributed by atoms with Crippen LogP contribution in [0.3, 0.4) is 0 Å². The fourth-order valence-corrected chi connectivity index (χ4v) is 6.58. The molecule has 3 aliphatic rings. The number of hydrogen-bond donors (Lipinski definition) is 2. The summed E-state index contributed by atoms with van der Waals surface area (Å²) in [6, 6.07) is 7.05. The van der Waals surface area contributed by atoms with Crippen LogP contribution >= 0.6 is 0 Å². The van der Waals surface area contributed by atoms with Gasteiger partial charge in [-0.3, -0.25) is 0 Å². The number of fused-ring (bicyclic) bond motifs is 1. The van der Waals surface area contributed by atoms with Crippen LogP contribution in [0.5, 0.6) is 5.75 Å². The van der Waals surface area contributed by atoms with Crippen molar-refractivity contribution in [3.63, 3.8) is 0 Å². The van der Waals surface area contributed by atoms with E-state index in [-0.39, 0.29) is 11.3 Å². The molecule has 1 heterocycles. The maximum absolute atomic E-state index is 11.4. The van der Waals surface area contributed by atoms with E-state index >= 15 is 0 Å². The van der Waals surface area contributed by atoms with Crippen molar-refractivity contribution in [3.05, 3.63) is 29.3 Å². The molecule has 1 unspecified atom stereocenters. The van der Waals surface area contributed by atoms with E-state index in [2.05, 4.69) is 31.3 Å². The number of rotatable bonds is 8. The second-order valence-corrected chi connectivity index (χ2v) is 9.55. The first kappa shape index (κ1) is 21.5. The molecule has 2 aliphatic carbocycles. The van der Waals surface area contributed by atoms with Crippen LogP contribution in [0.1, 0.15) is 82.8 Å². The van der Waals surface area contributed by atoms with E-state index in [4.69, 9.17) is 9.47 Å². The summed E-state index contributed by atoms with van der Waals surface area (Å²) < 4.78 is 11.5. The molecule has 5 nitrogen and oxygen atoms in total. The lowest BCUT2D eigenvalue weighted by atomic mass is 9.53. The zero-order chi connectivity index (χ0) is 21.1. The molecule has 4 atom stereocenters. The minimum atomic E-state index is -1.26. The maximum Gasteiger partial charge on any atom is 0.508 e. The van der Waals surface area contributed by atoms with Gasteiger partial charge in [0.25, 0.3) is 6.29 Å². The van der Waals surface area contributed by atoms with Crippen molar-refractivity contribution in [1.29, 1.82) is 0 Å². The molecule has 2 fully saturated rings. The molecule has 5 heteroatoms. The van der Waals surface area contributed by atoms with Crippen LogP contribution in [0.25, 0.3) is 0 Å². The Hall–Kier alpha value is -1.75. The number of ether oxygens (including phenoxy) is 2. The summed E-state index contributed by atoms with van der Waals surface area (Å²) in [6.07, 6.45) is 9.23. The second-order valence-electron chi connectivity index (χ2n) is 9.55. The molecule has 1 saturated carbocycles. The number of piperidine rings is 1. The van der Waals surface area contributed by atoms with E-state index in [9.17, 15) is 9.90 Å². The van der Waals surface area contributed by atoms with E-state index in [1.165, 1.54) is 43.2 Å². The second kappa shape index (κ2) is 9.17. The normalized spacial score (nSPS) is 28.4. The topological polar surface area (TPSA) is 67.8 Å². The van der Waals surface area contributed by atoms with Gasteiger partial charge in [-0.25, -0.2) is 4.79 Å². The number of nitrogens with one attached hydrogen (secondary N) is 1. The van der Waals surface area contributed by atoms with Gasteiger partial charge in [0.2, 0.25) is 0 Å². The largest absolute Gasteiger partial charge is 0.508 e. The van der Waals surface area contributed by atoms with Gasteiger partial charge in [0.1, 0.15) is 5.75 Å². The highest BCUT2D eigenvalue weighted by molar-refractivity contribution is 5.57. The monoisotopic (exact) mass is 415 g/mol.